The molecule has 4 N–H and O–H groups in total. The zero-order chi connectivity index (χ0) is 45.6. The van der Waals surface area contributed by atoms with Gasteiger partial charge in [0.05, 0.1) is 46.1 Å². The quantitative estimate of drug-likeness (QED) is 0.128. The maximum atomic E-state index is 12.0. The van der Waals surface area contributed by atoms with E-state index in [-0.39, 0.29) is 0 Å². The lowest BCUT2D eigenvalue weighted by atomic mass is 9.98. The molecule has 2 fully saturated rings. The van der Waals surface area contributed by atoms with Crippen LogP contribution in [-0.4, -0.2) is 71.0 Å². The molecule has 0 bridgehead atoms. The van der Waals surface area contributed by atoms with Gasteiger partial charge in [-0.2, -0.15) is 15.2 Å². The van der Waals surface area contributed by atoms with Gasteiger partial charge < -0.3 is 16.4 Å². The number of nitrogens with two attached hydrogens (primary N) is 1. The molecule has 1 amide bonds. The Morgan fingerprint density at radius 3 is 1.64 bits per heavy atom. The minimum atomic E-state index is -0.430. The zero-order valence-corrected chi connectivity index (χ0v) is 38.0. The fourth-order valence-corrected chi connectivity index (χ4v) is 11.0. The molecule has 4 aliphatic heterocycles. The summed E-state index contributed by atoms with van der Waals surface area (Å²) in [6.45, 7) is 9.90. The van der Waals surface area contributed by atoms with E-state index in [1.165, 1.54) is 35.1 Å². The van der Waals surface area contributed by atoms with E-state index in [0.29, 0.717) is 41.7 Å². The third-order valence-corrected chi connectivity index (χ3v) is 14.2. The van der Waals surface area contributed by atoms with Gasteiger partial charge in [0.15, 0.2) is 0 Å². The largest absolute Gasteiger partial charge is 0.366 e. The number of benzene rings is 4. The topological polar surface area (TPSA) is 159 Å². The number of anilines is 2. The maximum absolute atomic E-state index is 12.0. The highest BCUT2D eigenvalue weighted by molar-refractivity contribution is 6.06. The molecule has 0 aliphatic carbocycles. The molecule has 13 heteroatoms. The van der Waals surface area contributed by atoms with Crippen LogP contribution in [0.4, 0.5) is 11.6 Å². The summed E-state index contributed by atoms with van der Waals surface area (Å²) in [7, 11) is 0. The molecule has 8 aromatic rings. The standard InChI is InChI=1S/C27H28N6O.C27H26N6/c1-17-15-21-19(25(28)34)9-5-10-22(21)33(17)27-30-24-20(12-14-32-13-6-11-23(24)32)26(31-27)29-16-18-7-3-2-4-8-18;1-18-15-22-20(16-28)9-5-10-23(22)33(18)27-30-25-21(12-14-32-13-6-11-24(25)32)26(31-27)29-17-19-7-3-2-4-8-19/h2-5,7-10,15,23H,6,11-14,16H2,1H3,(H2,28,34)(H,29,30,31);2-5,7-10,15,24H,6,11-14,17H2,1H3,(H,29,30,31). The number of nitrogens with zero attached hydrogens (tertiary/aromatic N) is 9. The molecule has 4 aromatic carbocycles. The van der Waals surface area contributed by atoms with Crippen LogP contribution in [-0.2, 0) is 25.9 Å². The van der Waals surface area contributed by atoms with Gasteiger partial charge in [-0.25, -0.2) is 9.97 Å². The van der Waals surface area contributed by atoms with Crippen molar-refractivity contribution in [2.45, 2.75) is 77.5 Å². The number of hydrogen-bond donors (Lipinski definition) is 3. The van der Waals surface area contributed by atoms with Gasteiger partial charge in [0.1, 0.15) is 11.6 Å². The number of rotatable bonds is 9. The summed E-state index contributed by atoms with van der Waals surface area (Å²) < 4.78 is 4.14. The molecule has 336 valence electrons. The number of nitriles is 1. The van der Waals surface area contributed by atoms with Crippen LogP contribution in [0.5, 0.6) is 0 Å². The molecule has 2 unspecified atom stereocenters. The van der Waals surface area contributed by atoms with Crippen LogP contribution in [0.1, 0.15) is 98.7 Å². The highest BCUT2D eigenvalue weighted by Crippen LogP contribution is 2.41. The van der Waals surface area contributed by atoms with Crippen molar-refractivity contribution in [2.75, 3.05) is 36.8 Å². The summed E-state index contributed by atoms with van der Waals surface area (Å²) in [4.78, 5) is 37.6. The average Bonchev–Trinajstić information content (AvgIpc) is 4.18. The summed E-state index contributed by atoms with van der Waals surface area (Å²) in [6.07, 6.45) is 6.59. The molecule has 8 heterocycles. The number of aromatic nitrogens is 6. The molecular formula is C54H54N12O. The Kier molecular flexibility index (Phi) is 11.2. The predicted octanol–water partition coefficient (Wildman–Crippen LogP) is 9.04. The Bertz CT molecular complexity index is 3210. The number of fused-ring (bicyclic) bond motifs is 8. The Balaban J connectivity index is 0.000000148. The number of primary amides is 1. The first-order valence-corrected chi connectivity index (χ1v) is 23.6. The first-order valence-electron chi connectivity index (χ1n) is 23.6. The Hall–Kier alpha value is -7.40. The van der Waals surface area contributed by atoms with Gasteiger partial charge in [-0.05, 0) is 113 Å². The second-order valence-electron chi connectivity index (χ2n) is 18.2. The molecule has 67 heavy (non-hydrogen) atoms. The van der Waals surface area contributed by atoms with E-state index in [1.807, 2.05) is 60.0 Å². The number of aryl methyl sites for hydroxylation is 2. The lowest BCUT2D eigenvalue weighted by Gasteiger charge is -2.32. The first kappa shape index (κ1) is 42.2. The van der Waals surface area contributed by atoms with Crippen molar-refractivity contribution < 1.29 is 4.79 Å². The molecule has 2 saturated heterocycles. The van der Waals surface area contributed by atoms with E-state index < -0.39 is 5.91 Å². The highest BCUT2D eigenvalue weighted by Gasteiger charge is 2.36. The average molecular weight is 887 g/mol. The molecular weight excluding hydrogens is 833 g/mol. The van der Waals surface area contributed by atoms with Crippen molar-refractivity contribution in [1.82, 2.24) is 38.9 Å². The molecule has 0 radical (unpaired) electrons. The summed E-state index contributed by atoms with van der Waals surface area (Å²) in [5.74, 6) is 2.73. The fourth-order valence-electron chi connectivity index (χ4n) is 11.0. The lowest BCUT2D eigenvalue weighted by molar-refractivity contribution is 0.100. The van der Waals surface area contributed by atoms with Gasteiger partial charge in [-0.3, -0.25) is 23.7 Å². The van der Waals surface area contributed by atoms with E-state index in [0.717, 1.165) is 115 Å². The third kappa shape index (κ3) is 7.85. The zero-order valence-electron chi connectivity index (χ0n) is 38.0. The molecule has 13 nitrogen and oxygen atoms in total. The van der Waals surface area contributed by atoms with Gasteiger partial charge in [-0.15, -0.1) is 0 Å². The summed E-state index contributed by atoms with van der Waals surface area (Å²) in [5, 5.41) is 18.6. The molecule has 4 aromatic heterocycles. The number of carbonyl (C=O) groups excluding carboxylic acids is 1. The number of amides is 1. The summed E-state index contributed by atoms with van der Waals surface area (Å²) in [5.41, 5.74) is 17.9. The van der Waals surface area contributed by atoms with Crippen LogP contribution in [0.3, 0.4) is 0 Å². The van der Waals surface area contributed by atoms with Gasteiger partial charge in [0, 0.05) is 65.0 Å². The number of nitrogens with one attached hydrogen (secondary N) is 2. The maximum Gasteiger partial charge on any atom is 0.249 e. The van der Waals surface area contributed by atoms with Gasteiger partial charge in [0.25, 0.3) is 0 Å². The van der Waals surface area contributed by atoms with Gasteiger partial charge in [0.2, 0.25) is 17.8 Å². The Morgan fingerprint density at radius 2 is 1.13 bits per heavy atom. The molecule has 4 aliphatic rings. The molecule has 0 saturated carbocycles. The second kappa shape index (κ2) is 17.8. The first-order chi connectivity index (χ1) is 32.8. The monoisotopic (exact) mass is 886 g/mol. The molecule has 0 spiro atoms. The summed E-state index contributed by atoms with van der Waals surface area (Å²) in [6, 6.07) is 39.4. The van der Waals surface area contributed by atoms with Crippen molar-refractivity contribution in [1.29, 1.82) is 5.26 Å². The van der Waals surface area contributed by atoms with Crippen molar-refractivity contribution in [3.05, 3.63) is 165 Å². The van der Waals surface area contributed by atoms with Crippen molar-refractivity contribution in [3.8, 4) is 18.0 Å². The van der Waals surface area contributed by atoms with E-state index in [4.69, 9.17) is 25.7 Å². The second-order valence-corrected chi connectivity index (χ2v) is 18.2. The van der Waals surface area contributed by atoms with E-state index in [1.54, 1.807) is 6.07 Å². The number of carbonyl (C=O) groups is 1. The van der Waals surface area contributed by atoms with Crippen LogP contribution in [0, 0.1) is 25.2 Å². The SMILES string of the molecule is Cc1cc2c(C#N)cccc2n1-c1nc(NCc2ccccc2)c2c(n1)C1CCCN1CC2.Cc1cc2c(C(N)=O)cccc2n1-c1nc(NCc2ccccc2)c2c(n1)C1CCCN1CC2. The van der Waals surface area contributed by atoms with E-state index >= 15 is 0 Å². The van der Waals surface area contributed by atoms with Gasteiger partial charge >= 0.3 is 0 Å². The lowest BCUT2D eigenvalue weighted by Crippen LogP contribution is -2.33. The van der Waals surface area contributed by atoms with Crippen molar-refractivity contribution >= 4 is 39.3 Å². The minimum absolute atomic E-state index is 0.339. The van der Waals surface area contributed by atoms with Crippen molar-refractivity contribution in [2.24, 2.45) is 5.73 Å². The van der Waals surface area contributed by atoms with E-state index in [2.05, 4.69) is 92.6 Å². The number of hydrogen-bond acceptors (Lipinski definition) is 10. The smallest absolute Gasteiger partial charge is 0.249 e. The predicted molar refractivity (Wildman–Crippen MR) is 262 cm³/mol. The van der Waals surface area contributed by atoms with Crippen LogP contribution in [0.15, 0.2) is 109 Å². The fraction of sp³-hybridized carbons (Fsp3) is 0.296. The molecule has 12 rings (SSSR count). The van der Waals surface area contributed by atoms with Crippen LogP contribution < -0.4 is 16.4 Å². The van der Waals surface area contributed by atoms with Crippen LogP contribution >= 0.6 is 0 Å². The van der Waals surface area contributed by atoms with E-state index in [9.17, 15) is 10.1 Å². The van der Waals surface area contributed by atoms with Crippen molar-refractivity contribution in [3.63, 3.8) is 0 Å². The van der Waals surface area contributed by atoms with Crippen LogP contribution in [0.25, 0.3) is 33.7 Å². The van der Waals surface area contributed by atoms with Crippen LogP contribution in [0.2, 0.25) is 0 Å². The highest BCUT2D eigenvalue weighted by atomic mass is 16.1. The minimum Gasteiger partial charge on any atom is -0.366 e. The third-order valence-electron chi connectivity index (χ3n) is 14.2. The van der Waals surface area contributed by atoms with Gasteiger partial charge in [-0.1, -0.05) is 72.8 Å². The molecule has 2 atom stereocenters. The Morgan fingerprint density at radius 1 is 0.642 bits per heavy atom. The normalized spacial score (nSPS) is 17.5. The Labute approximate surface area is 390 Å². The summed E-state index contributed by atoms with van der Waals surface area (Å²) >= 11 is 0.